The molecule has 2 aromatic carbocycles. The molecule has 1 aliphatic heterocycles. The number of hydrogen-bond donors (Lipinski definition) is 1. The smallest absolute Gasteiger partial charge is 0.229 e. The summed E-state index contributed by atoms with van der Waals surface area (Å²) in [5, 5.41) is 3.50. The van der Waals surface area contributed by atoms with Gasteiger partial charge in [-0.05, 0) is 55.3 Å². The molecule has 2 amide bonds. The average molecular weight is 422 g/mol. The van der Waals surface area contributed by atoms with Crippen LogP contribution in [0.5, 0.6) is 0 Å². The van der Waals surface area contributed by atoms with Crippen LogP contribution in [0.15, 0.2) is 40.9 Å². The van der Waals surface area contributed by atoms with Crippen LogP contribution in [-0.4, -0.2) is 18.4 Å². The highest BCUT2D eigenvalue weighted by molar-refractivity contribution is 9.10. The van der Waals surface area contributed by atoms with Crippen LogP contribution in [0.4, 0.5) is 11.4 Å². The number of carbonyl (C=O) groups is 2. The summed E-state index contributed by atoms with van der Waals surface area (Å²) in [6.07, 6.45) is 0.201. The lowest BCUT2D eigenvalue weighted by Gasteiger charge is -2.17. The summed E-state index contributed by atoms with van der Waals surface area (Å²) >= 11 is 9.52. The predicted octanol–water partition coefficient (Wildman–Crippen LogP) is 4.71. The zero-order chi connectivity index (χ0) is 18.1. The monoisotopic (exact) mass is 420 g/mol. The van der Waals surface area contributed by atoms with E-state index in [1.807, 2.05) is 32.0 Å². The molecule has 6 heteroatoms. The van der Waals surface area contributed by atoms with E-state index in [1.165, 1.54) is 0 Å². The first-order valence-corrected chi connectivity index (χ1v) is 9.16. The second-order valence-corrected chi connectivity index (χ2v) is 7.53. The number of nitrogens with zero attached hydrogens (tertiary/aromatic N) is 1. The lowest BCUT2D eigenvalue weighted by Crippen LogP contribution is -2.28. The van der Waals surface area contributed by atoms with E-state index >= 15 is 0 Å². The van der Waals surface area contributed by atoms with Crippen molar-refractivity contribution < 1.29 is 9.59 Å². The number of hydrogen-bond acceptors (Lipinski definition) is 2. The SMILES string of the molecule is Cc1cc(NC(=O)[C@H]2CC(=O)N(c3cccc(Cl)c3)C2)cc(C)c1Br. The molecule has 1 N–H and O–H groups in total. The van der Waals surface area contributed by atoms with Crippen LogP contribution in [0.2, 0.25) is 5.02 Å². The first-order valence-electron chi connectivity index (χ1n) is 7.98. The Hall–Kier alpha value is -1.85. The van der Waals surface area contributed by atoms with Crippen molar-refractivity contribution in [1.29, 1.82) is 0 Å². The maximum atomic E-state index is 12.6. The lowest BCUT2D eigenvalue weighted by molar-refractivity contribution is -0.122. The number of benzene rings is 2. The Kier molecular flexibility index (Phi) is 5.16. The zero-order valence-electron chi connectivity index (χ0n) is 14.0. The van der Waals surface area contributed by atoms with E-state index in [-0.39, 0.29) is 24.2 Å². The van der Waals surface area contributed by atoms with Crippen LogP contribution in [-0.2, 0) is 9.59 Å². The van der Waals surface area contributed by atoms with Gasteiger partial charge in [-0.3, -0.25) is 9.59 Å². The largest absolute Gasteiger partial charge is 0.326 e. The molecule has 0 aromatic heterocycles. The molecule has 1 aliphatic rings. The Labute approximate surface area is 160 Å². The molecular formula is C19H18BrClN2O2. The second kappa shape index (κ2) is 7.18. The van der Waals surface area contributed by atoms with Crippen LogP contribution in [0, 0.1) is 19.8 Å². The highest BCUT2D eigenvalue weighted by atomic mass is 79.9. The van der Waals surface area contributed by atoms with Gasteiger partial charge in [-0.15, -0.1) is 0 Å². The highest BCUT2D eigenvalue weighted by Crippen LogP contribution is 2.29. The first-order chi connectivity index (χ1) is 11.8. The summed E-state index contributed by atoms with van der Waals surface area (Å²) in [4.78, 5) is 26.5. The molecule has 0 saturated carbocycles. The third kappa shape index (κ3) is 3.88. The molecule has 0 radical (unpaired) electrons. The quantitative estimate of drug-likeness (QED) is 0.780. The van der Waals surface area contributed by atoms with Crippen LogP contribution in [0.1, 0.15) is 17.5 Å². The van der Waals surface area contributed by atoms with Crippen molar-refractivity contribution >= 4 is 50.7 Å². The van der Waals surface area contributed by atoms with E-state index in [1.54, 1.807) is 23.1 Å². The molecular weight excluding hydrogens is 404 g/mol. The molecule has 4 nitrogen and oxygen atoms in total. The van der Waals surface area contributed by atoms with Crippen LogP contribution >= 0.6 is 27.5 Å². The Morgan fingerprint density at radius 3 is 2.56 bits per heavy atom. The third-order valence-corrected chi connectivity index (χ3v) is 5.81. The van der Waals surface area contributed by atoms with Gasteiger partial charge in [-0.25, -0.2) is 0 Å². The standard InChI is InChI=1S/C19H18BrClN2O2/c1-11-6-15(7-12(2)18(11)20)22-19(25)13-8-17(24)23(10-13)16-5-3-4-14(21)9-16/h3-7,9,13H,8,10H2,1-2H3,(H,22,25)/t13-/m0/s1. The van der Waals surface area contributed by atoms with Gasteiger partial charge in [0.05, 0.1) is 5.92 Å². The molecule has 1 heterocycles. The van der Waals surface area contributed by atoms with Crippen LogP contribution < -0.4 is 10.2 Å². The average Bonchev–Trinajstić information content (AvgIpc) is 2.94. The number of halogens is 2. The molecule has 0 bridgehead atoms. The summed E-state index contributed by atoms with van der Waals surface area (Å²) in [6, 6.07) is 11.0. The number of aryl methyl sites for hydroxylation is 2. The molecule has 130 valence electrons. The summed E-state index contributed by atoms with van der Waals surface area (Å²) in [6.45, 7) is 4.32. The molecule has 0 aliphatic carbocycles. The summed E-state index contributed by atoms with van der Waals surface area (Å²) in [5.74, 6) is -0.583. The van der Waals surface area contributed by atoms with Gasteiger partial charge in [-0.1, -0.05) is 33.6 Å². The Balaban J connectivity index is 1.73. The van der Waals surface area contributed by atoms with Crippen molar-refractivity contribution in [3.05, 3.63) is 57.0 Å². The predicted molar refractivity (Wildman–Crippen MR) is 104 cm³/mol. The number of nitrogens with one attached hydrogen (secondary N) is 1. The van der Waals surface area contributed by atoms with Gasteiger partial charge in [0, 0.05) is 33.8 Å². The fourth-order valence-corrected chi connectivity index (χ4v) is 3.45. The van der Waals surface area contributed by atoms with E-state index in [4.69, 9.17) is 11.6 Å². The van der Waals surface area contributed by atoms with E-state index in [9.17, 15) is 9.59 Å². The number of carbonyl (C=O) groups excluding carboxylic acids is 2. The highest BCUT2D eigenvalue weighted by Gasteiger charge is 2.35. The summed E-state index contributed by atoms with van der Waals surface area (Å²) in [5.41, 5.74) is 3.58. The van der Waals surface area contributed by atoms with Crippen molar-refractivity contribution in [2.75, 3.05) is 16.8 Å². The lowest BCUT2D eigenvalue weighted by atomic mass is 10.1. The molecule has 1 atom stereocenters. The minimum absolute atomic E-state index is 0.0643. The molecule has 3 rings (SSSR count). The second-order valence-electron chi connectivity index (χ2n) is 6.30. The molecule has 0 unspecified atom stereocenters. The van der Waals surface area contributed by atoms with Crippen LogP contribution in [0.3, 0.4) is 0 Å². The van der Waals surface area contributed by atoms with Crippen molar-refractivity contribution in [3.8, 4) is 0 Å². The minimum Gasteiger partial charge on any atom is -0.326 e. The van der Waals surface area contributed by atoms with E-state index in [0.29, 0.717) is 11.6 Å². The van der Waals surface area contributed by atoms with Gasteiger partial charge >= 0.3 is 0 Å². The van der Waals surface area contributed by atoms with Gasteiger partial charge in [-0.2, -0.15) is 0 Å². The van der Waals surface area contributed by atoms with Gasteiger partial charge in [0.2, 0.25) is 11.8 Å². The number of amides is 2. The maximum absolute atomic E-state index is 12.6. The number of anilines is 2. The number of rotatable bonds is 3. The molecule has 25 heavy (non-hydrogen) atoms. The Morgan fingerprint density at radius 1 is 1.24 bits per heavy atom. The zero-order valence-corrected chi connectivity index (χ0v) is 16.3. The van der Waals surface area contributed by atoms with Crippen molar-refractivity contribution in [1.82, 2.24) is 0 Å². The van der Waals surface area contributed by atoms with E-state index < -0.39 is 0 Å². The first kappa shape index (κ1) is 18.0. The van der Waals surface area contributed by atoms with E-state index in [2.05, 4.69) is 21.2 Å². The van der Waals surface area contributed by atoms with E-state index in [0.717, 1.165) is 27.0 Å². The molecule has 1 saturated heterocycles. The summed E-state index contributed by atoms with van der Waals surface area (Å²) in [7, 11) is 0. The van der Waals surface area contributed by atoms with Gasteiger partial charge in [0.25, 0.3) is 0 Å². The normalized spacial score (nSPS) is 17.0. The Morgan fingerprint density at radius 2 is 1.92 bits per heavy atom. The minimum atomic E-state index is -0.379. The fourth-order valence-electron chi connectivity index (χ4n) is 3.04. The van der Waals surface area contributed by atoms with Crippen molar-refractivity contribution in [2.24, 2.45) is 5.92 Å². The summed E-state index contributed by atoms with van der Waals surface area (Å²) < 4.78 is 1.04. The maximum Gasteiger partial charge on any atom is 0.229 e. The third-order valence-electron chi connectivity index (χ3n) is 4.32. The molecule has 1 fully saturated rings. The topological polar surface area (TPSA) is 49.4 Å². The molecule has 2 aromatic rings. The van der Waals surface area contributed by atoms with Gasteiger partial charge in [0.1, 0.15) is 0 Å². The fraction of sp³-hybridized carbons (Fsp3) is 0.263. The van der Waals surface area contributed by atoms with Crippen LogP contribution in [0.25, 0.3) is 0 Å². The van der Waals surface area contributed by atoms with Gasteiger partial charge < -0.3 is 10.2 Å². The molecule has 0 spiro atoms. The Bertz CT molecular complexity index is 830. The van der Waals surface area contributed by atoms with Gasteiger partial charge in [0.15, 0.2) is 0 Å². The van der Waals surface area contributed by atoms with Crippen molar-refractivity contribution in [3.63, 3.8) is 0 Å². The van der Waals surface area contributed by atoms with Crippen molar-refractivity contribution in [2.45, 2.75) is 20.3 Å².